The number of morpholine rings is 1. The van der Waals surface area contributed by atoms with Gasteiger partial charge in [-0.3, -0.25) is 14.9 Å². The number of hydrogen-bond donors (Lipinski definition) is 1. The summed E-state index contributed by atoms with van der Waals surface area (Å²) in [6, 6.07) is 4.91. The number of nitrogens with one attached hydrogen (secondary N) is 1. The molecule has 1 aromatic carbocycles. The summed E-state index contributed by atoms with van der Waals surface area (Å²) < 4.78 is 54.4. The molecule has 0 saturated carbocycles. The zero-order chi connectivity index (χ0) is 23.5. The molecular weight excluding hydrogens is 439 g/mol. The number of alkyl halides is 3. The molecule has 172 valence electrons. The second kappa shape index (κ2) is 9.26. The van der Waals surface area contributed by atoms with Gasteiger partial charge in [0.1, 0.15) is 4.92 Å². The molecule has 0 unspecified atom stereocenters. The Labute approximate surface area is 179 Å². The molecule has 1 aliphatic heterocycles. The van der Waals surface area contributed by atoms with Crippen molar-refractivity contribution in [3.05, 3.63) is 51.8 Å². The van der Waals surface area contributed by atoms with Gasteiger partial charge in [0.05, 0.1) is 36.2 Å². The minimum Gasteiger partial charge on any atom is -0.447 e. The topological polar surface area (TPSA) is 124 Å². The fourth-order valence-electron chi connectivity index (χ4n) is 2.93. The Morgan fingerprint density at radius 2 is 1.91 bits per heavy atom. The van der Waals surface area contributed by atoms with Gasteiger partial charge >= 0.3 is 18.0 Å². The minimum atomic E-state index is -4.63. The Balaban J connectivity index is 1.76. The van der Waals surface area contributed by atoms with Crippen LogP contribution < -0.4 is 10.2 Å². The Morgan fingerprint density at radius 1 is 1.22 bits per heavy atom. The summed E-state index contributed by atoms with van der Waals surface area (Å²) in [4.78, 5) is 36.1. The van der Waals surface area contributed by atoms with E-state index in [0.29, 0.717) is 32.0 Å². The fourth-order valence-corrected chi connectivity index (χ4v) is 2.93. The van der Waals surface area contributed by atoms with Crippen molar-refractivity contribution in [3.63, 3.8) is 0 Å². The molecule has 1 saturated heterocycles. The monoisotopic (exact) mass is 457 g/mol. The highest BCUT2D eigenvalue weighted by molar-refractivity contribution is 5.99. The van der Waals surface area contributed by atoms with Crippen LogP contribution in [0.3, 0.4) is 0 Å². The number of ether oxygens (including phenoxy) is 2. The van der Waals surface area contributed by atoms with E-state index in [4.69, 9.17) is 13.9 Å². The van der Waals surface area contributed by atoms with Crippen molar-refractivity contribution in [2.75, 3.05) is 36.5 Å². The quantitative estimate of drug-likeness (QED) is 0.398. The van der Waals surface area contributed by atoms with Crippen molar-refractivity contribution in [1.82, 2.24) is 0 Å². The highest BCUT2D eigenvalue weighted by atomic mass is 19.4. The Bertz CT molecular complexity index is 1020. The average molecular weight is 457 g/mol. The molecule has 2 heterocycles. The number of esters is 1. The van der Waals surface area contributed by atoms with Crippen molar-refractivity contribution >= 4 is 29.1 Å². The molecule has 13 heteroatoms. The molecule has 0 spiro atoms. The lowest BCUT2D eigenvalue weighted by Gasteiger charge is -2.31. The van der Waals surface area contributed by atoms with E-state index >= 15 is 0 Å². The van der Waals surface area contributed by atoms with E-state index in [0.717, 1.165) is 24.3 Å². The maximum Gasteiger partial charge on any atom is 0.433 e. The van der Waals surface area contributed by atoms with Crippen LogP contribution in [0, 0.1) is 10.1 Å². The third-order valence-electron chi connectivity index (χ3n) is 4.56. The van der Waals surface area contributed by atoms with E-state index in [1.165, 1.54) is 13.0 Å². The molecule has 1 aromatic heterocycles. The molecule has 0 radical (unpaired) electrons. The van der Waals surface area contributed by atoms with Crippen LogP contribution in [-0.4, -0.2) is 49.2 Å². The number of carbonyl (C=O) groups is 2. The number of hydrogen-bond acceptors (Lipinski definition) is 8. The molecular formula is C19H18F3N3O7. The van der Waals surface area contributed by atoms with Gasteiger partial charge in [-0.2, -0.15) is 13.2 Å². The predicted octanol–water partition coefficient (Wildman–Crippen LogP) is 3.23. The van der Waals surface area contributed by atoms with Gasteiger partial charge in [0.25, 0.3) is 5.91 Å². The largest absolute Gasteiger partial charge is 0.447 e. The number of nitro groups is 1. The van der Waals surface area contributed by atoms with E-state index in [-0.39, 0.29) is 5.69 Å². The van der Waals surface area contributed by atoms with Crippen molar-refractivity contribution in [2.45, 2.75) is 19.2 Å². The van der Waals surface area contributed by atoms with E-state index in [2.05, 4.69) is 5.32 Å². The van der Waals surface area contributed by atoms with E-state index in [9.17, 15) is 32.9 Å². The third-order valence-corrected chi connectivity index (χ3v) is 4.56. The highest BCUT2D eigenvalue weighted by Gasteiger charge is 2.32. The molecule has 0 bridgehead atoms. The van der Waals surface area contributed by atoms with Crippen molar-refractivity contribution in [1.29, 1.82) is 0 Å². The maximum atomic E-state index is 13.2. The molecule has 0 aliphatic carbocycles. The van der Waals surface area contributed by atoms with Crippen LogP contribution in [-0.2, 0) is 20.4 Å². The summed E-state index contributed by atoms with van der Waals surface area (Å²) in [6.07, 6.45) is -6.06. The molecule has 1 fully saturated rings. The smallest absolute Gasteiger partial charge is 0.433 e. The van der Waals surface area contributed by atoms with Gasteiger partial charge in [-0.05, 0) is 31.2 Å². The lowest BCUT2D eigenvalue weighted by atomic mass is 10.1. The number of benzene rings is 1. The minimum absolute atomic E-state index is 0.108. The first-order valence-corrected chi connectivity index (χ1v) is 9.36. The molecule has 1 atom stereocenters. The Kier molecular flexibility index (Phi) is 6.67. The summed E-state index contributed by atoms with van der Waals surface area (Å²) >= 11 is 0. The van der Waals surface area contributed by atoms with E-state index < -0.39 is 46.3 Å². The standard InChI is InChI=1S/C19H18F3N3O7/c1-11(31-18(27)15-4-5-16(32-15)25(28)29)17(26)23-13-10-12(19(20,21)22)2-3-14(13)24-6-8-30-9-7-24/h2-5,10-11H,6-9H2,1H3,(H,23,26)/t11-/m1/s1. The van der Waals surface area contributed by atoms with Gasteiger partial charge in [-0.25, -0.2) is 4.79 Å². The van der Waals surface area contributed by atoms with Crippen LogP contribution in [0.2, 0.25) is 0 Å². The average Bonchev–Trinajstić information content (AvgIpc) is 3.24. The van der Waals surface area contributed by atoms with Crippen LogP contribution >= 0.6 is 0 Å². The first kappa shape index (κ1) is 23.1. The molecule has 10 nitrogen and oxygen atoms in total. The molecule has 2 aromatic rings. The Morgan fingerprint density at radius 3 is 2.50 bits per heavy atom. The van der Waals surface area contributed by atoms with Gasteiger partial charge in [0, 0.05) is 13.1 Å². The normalized spacial score (nSPS) is 15.2. The Hall–Kier alpha value is -3.61. The summed E-state index contributed by atoms with van der Waals surface area (Å²) in [7, 11) is 0. The molecule has 1 aliphatic rings. The van der Waals surface area contributed by atoms with E-state index in [1.807, 2.05) is 0 Å². The second-order valence-electron chi connectivity index (χ2n) is 6.76. The van der Waals surface area contributed by atoms with Gasteiger partial charge in [-0.15, -0.1) is 0 Å². The van der Waals surface area contributed by atoms with Gasteiger partial charge in [0.2, 0.25) is 5.76 Å². The second-order valence-corrected chi connectivity index (χ2v) is 6.76. The SMILES string of the molecule is C[C@@H](OC(=O)c1ccc([N+](=O)[O-])o1)C(=O)Nc1cc(C(F)(F)F)ccc1N1CCOCC1. The van der Waals surface area contributed by atoms with Crippen molar-refractivity contribution in [2.24, 2.45) is 0 Å². The maximum absolute atomic E-state index is 13.2. The van der Waals surface area contributed by atoms with Crippen LogP contribution in [0.4, 0.5) is 30.4 Å². The number of carbonyl (C=O) groups excluding carboxylic acids is 2. The number of amides is 1. The number of halogens is 3. The first-order chi connectivity index (χ1) is 15.1. The third kappa shape index (κ3) is 5.35. The number of furan rings is 1. The first-order valence-electron chi connectivity index (χ1n) is 9.36. The summed E-state index contributed by atoms with van der Waals surface area (Å²) in [5.41, 5.74) is -0.713. The lowest BCUT2D eigenvalue weighted by Crippen LogP contribution is -2.37. The molecule has 1 N–H and O–H groups in total. The van der Waals surface area contributed by atoms with Gasteiger partial charge in [-0.1, -0.05) is 0 Å². The van der Waals surface area contributed by atoms with Crippen LogP contribution in [0.1, 0.15) is 23.0 Å². The molecule has 3 rings (SSSR count). The number of nitrogens with zero attached hydrogens (tertiary/aromatic N) is 2. The van der Waals surface area contributed by atoms with Crippen LogP contribution in [0.5, 0.6) is 0 Å². The summed E-state index contributed by atoms with van der Waals surface area (Å²) in [5, 5.41) is 13.0. The van der Waals surface area contributed by atoms with E-state index in [1.54, 1.807) is 4.90 Å². The lowest BCUT2D eigenvalue weighted by molar-refractivity contribution is -0.402. The van der Waals surface area contributed by atoms with Crippen molar-refractivity contribution < 1.29 is 41.6 Å². The zero-order valence-corrected chi connectivity index (χ0v) is 16.7. The van der Waals surface area contributed by atoms with Crippen LogP contribution in [0.15, 0.2) is 34.7 Å². The molecule has 1 amide bonds. The van der Waals surface area contributed by atoms with Crippen LogP contribution in [0.25, 0.3) is 0 Å². The number of anilines is 2. The zero-order valence-electron chi connectivity index (χ0n) is 16.7. The summed E-state index contributed by atoms with van der Waals surface area (Å²) in [5.74, 6) is -3.22. The van der Waals surface area contributed by atoms with Gasteiger partial charge < -0.3 is 24.1 Å². The predicted molar refractivity (Wildman–Crippen MR) is 103 cm³/mol. The molecule has 32 heavy (non-hydrogen) atoms. The summed E-state index contributed by atoms with van der Waals surface area (Å²) in [6.45, 7) is 2.77. The number of rotatable bonds is 6. The van der Waals surface area contributed by atoms with Crippen molar-refractivity contribution in [3.8, 4) is 0 Å². The van der Waals surface area contributed by atoms with Gasteiger partial charge in [0.15, 0.2) is 6.10 Å². The highest BCUT2D eigenvalue weighted by Crippen LogP contribution is 2.36. The fraction of sp³-hybridized carbons (Fsp3) is 0.368.